The maximum absolute atomic E-state index is 12.1. The van der Waals surface area contributed by atoms with E-state index < -0.39 is 5.97 Å². The molecule has 2 aromatic rings. The minimum absolute atomic E-state index is 0.0146. The molecule has 0 aromatic heterocycles. The molecule has 0 aliphatic rings. The van der Waals surface area contributed by atoms with E-state index in [4.69, 9.17) is 21.7 Å². The van der Waals surface area contributed by atoms with Gasteiger partial charge in [-0.3, -0.25) is 5.87 Å². The van der Waals surface area contributed by atoms with E-state index in [1.165, 1.54) is 0 Å². The topological polar surface area (TPSA) is 69.9 Å². The third-order valence-corrected chi connectivity index (χ3v) is 3.41. The van der Waals surface area contributed by atoms with Crippen LogP contribution in [-0.4, -0.2) is 23.9 Å². The van der Waals surface area contributed by atoms with Gasteiger partial charge in [-0.05, 0) is 29.8 Å². The van der Waals surface area contributed by atoms with E-state index in [0.717, 1.165) is 5.56 Å². The first kappa shape index (κ1) is 17.4. The maximum atomic E-state index is 12.1. The third-order valence-electron chi connectivity index (χ3n) is 3.10. The second-order valence-corrected chi connectivity index (χ2v) is 5.14. The van der Waals surface area contributed by atoms with Crippen molar-refractivity contribution in [3.8, 4) is 5.75 Å². The molecule has 0 saturated heterocycles. The number of carbonyl (C=O) groups excluding carboxylic acids is 1. The fraction of sp³-hybridized carbons (Fsp3) is 0.111. The molecule has 0 saturated carbocycles. The lowest BCUT2D eigenvalue weighted by Crippen LogP contribution is -2.21. The Hall–Kier alpha value is -2.95. The molecule has 0 heterocycles. The number of hydrogen-bond donors (Lipinski definition) is 1. The normalized spacial score (nSPS) is 9.54. The van der Waals surface area contributed by atoms with Crippen molar-refractivity contribution in [3.05, 3.63) is 71.1 Å². The first-order chi connectivity index (χ1) is 11.6. The van der Waals surface area contributed by atoms with Crippen LogP contribution in [-0.2, 0) is 16.1 Å². The van der Waals surface area contributed by atoms with Crippen LogP contribution in [0.2, 0.25) is 0 Å². The molecule has 2 aromatic carbocycles. The SMILES string of the molecule is COc1ccc(NC(=S)C(=C=[N-])C(=O)OCc2ccccc2)cc1. The van der Waals surface area contributed by atoms with Crippen LogP contribution in [0.1, 0.15) is 5.56 Å². The molecule has 0 aliphatic carbocycles. The van der Waals surface area contributed by atoms with E-state index in [1.54, 1.807) is 37.2 Å². The highest BCUT2D eigenvalue weighted by molar-refractivity contribution is 7.81. The van der Waals surface area contributed by atoms with Crippen molar-refractivity contribution in [2.45, 2.75) is 6.61 Å². The van der Waals surface area contributed by atoms with Crippen molar-refractivity contribution in [2.24, 2.45) is 0 Å². The van der Waals surface area contributed by atoms with Gasteiger partial charge in [-0.15, -0.1) is 0 Å². The second-order valence-electron chi connectivity index (χ2n) is 4.73. The minimum atomic E-state index is -0.757. The standard InChI is InChI=1S/C18H15N2O3S/c1-22-15-9-7-14(8-10-15)20-17(24)16(11-19)18(21)23-12-13-5-3-2-4-6-13/h2-10H,12H2,1H3,(H,20,24)/q-1. The summed E-state index contributed by atoms with van der Waals surface area (Å²) >= 11 is 5.12. The molecular weight excluding hydrogens is 324 g/mol. The molecule has 6 heteroatoms. The fourth-order valence-corrected chi connectivity index (χ4v) is 2.10. The smallest absolute Gasteiger partial charge is 0.347 e. The minimum Gasteiger partial charge on any atom is -0.762 e. The largest absolute Gasteiger partial charge is 0.762 e. The lowest BCUT2D eigenvalue weighted by molar-refractivity contribution is -0.139. The van der Waals surface area contributed by atoms with E-state index in [9.17, 15) is 10.2 Å². The second kappa shape index (κ2) is 8.62. The predicted octanol–water partition coefficient (Wildman–Crippen LogP) is 3.34. The Balaban J connectivity index is 1.97. The molecule has 0 radical (unpaired) electrons. The lowest BCUT2D eigenvalue weighted by atomic mass is 10.2. The van der Waals surface area contributed by atoms with Crippen molar-refractivity contribution in [1.82, 2.24) is 0 Å². The zero-order chi connectivity index (χ0) is 17.4. The average Bonchev–Trinajstić information content (AvgIpc) is 2.62. The Morgan fingerprint density at radius 2 is 1.83 bits per heavy atom. The van der Waals surface area contributed by atoms with E-state index in [-0.39, 0.29) is 17.2 Å². The lowest BCUT2D eigenvalue weighted by Gasteiger charge is -2.11. The molecule has 5 nitrogen and oxygen atoms in total. The molecule has 0 atom stereocenters. The Morgan fingerprint density at radius 1 is 1.17 bits per heavy atom. The Bertz CT molecular complexity index is 767. The van der Waals surface area contributed by atoms with Crippen molar-refractivity contribution in [2.75, 3.05) is 12.4 Å². The van der Waals surface area contributed by atoms with Crippen molar-refractivity contribution < 1.29 is 14.3 Å². The summed E-state index contributed by atoms with van der Waals surface area (Å²) in [5.41, 5.74) is 1.23. The molecule has 0 amide bonds. The Labute approximate surface area is 145 Å². The molecule has 24 heavy (non-hydrogen) atoms. The quantitative estimate of drug-likeness (QED) is 0.378. The summed E-state index contributed by atoms with van der Waals surface area (Å²) in [4.78, 5) is 12.1. The highest BCUT2D eigenvalue weighted by Gasteiger charge is 2.15. The van der Waals surface area contributed by atoms with Crippen molar-refractivity contribution >= 4 is 34.7 Å². The van der Waals surface area contributed by atoms with Gasteiger partial charge in [0.05, 0.1) is 7.11 Å². The zero-order valence-corrected chi connectivity index (χ0v) is 13.8. The van der Waals surface area contributed by atoms with Gasteiger partial charge in [-0.1, -0.05) is 42.5 Å². The highest BCUT2D eigenvalue weighted by Crippen LogP contribution is 2.16. The van der Waals surface area contributed by atoms with E-state index >= 15 is 0 Å². The van der Waals surface area contributed by atoms with Gasteiger partial charge in [0, 0.05) is 5.69 Å². The number of ether oxygens (including phenoxy) is 2. The number of anilines is 1. The first-order valence-electron chi connectivity index (χ1n) is 7.07. The summed E-state index contributed by atoms with van der Waals surface area (Å²) in [5.74, 6) is 1.73. The number of rotatable bonds is 6. The Morgan fingerprint density at radius 3 is 2.42 bits per heavy atom. The van der Waals surface area contributed by atoms with Crippen LogP contribution >= 0.6 is 12.2 Å². The molecule has 1 N–H and O–H groups in total. The number of methoxy groups -OCH3 is 1. The Kier molecular flexibility index (Phi) is 6.25. The molecule has 0 unspecified atom stereocenters. The van der Waals surface area contributed by atoms with Gasteiger partial charge >= 0.3 is 5.97 Å². The van der Waals surface area contributed by atoms with E-state index in [1.807, 2.05) is 30.3 Å². The number of carbonyl (C=O) groups is 1. The molecule has 0 bridgehead atoms. The number of nitrogens with one attached hydrogen (secondary N) is 1. The number of thiocarbonyl (C=S) groups is 1. The monoisotopic (exact) mass is 339 g/mol. The number of esters is 1. The molecular formula is C18H15N2O3S-. The van der Waals surface area contributed by atoms with E-state index in [2.05, 4.69) is 5.32 Å². The van der Waals surface area contributed by atoms with Crippen LogP contribution < -0.4 is 10.1 Å². The molecule has 2 rings (SSSR count). The van der Waals surface area contributed by atoms with Gasteiger partial charge in [-0.25, -0.2) is 4.79 Å². The van der Waals surface area contributed by atoms with Crippen LogP contribution in [0.15, 0.2) is 60.2 Å². The summed E-state index contributed by atoms with van der Waals surface area (Å²) in [6.07, 6.45) is 0. The average molecular weight is 339 g/mol. The first-order valence-corrected chi connectivity index (χ1v) is 7.48. The van der Waals surface area contributed by atoms with Gasteiger partial charge in [0.15, 0.2) is 0 Å². The van der Waals surface area contributed by atoms with Crippen molar-refractivity contribution in [1.29, 1.82) is 0 Å². The summed E-state index contributed by atoms with van der Waals surface area (Å²) in [7, 11) is 1.57. The summed E-state index contributed by atoms with van der Waals surface area (Å²) in [6.45, 7) is 0.0794. The van der Waals surface area contributed by atoms with Gasteiger partial charge in [0.25, 0.3) is 0 Å². The van der Waals surface area contributed by atoms with Gasteiger partial charge in [0.1, 0.15) is 22.9 Å². The van der Waals surface area contributed by atoms with E-state index in [0.29, 0.717) is 11.4 Å². The highest BCUT2D eigenvalue weighted by atomic mass is 32.1. The third kappa shape index (κ3) is 4.78. The van der Waals surface area contributed by atoms with Crippen molar-refractivity contribution in [3.63, 3.8) is 0 Å². The van der Waals surface area contributed by atoms with Crippen LogP contribution in [0.5, 0.6) is 5.75 Å². The number of nitrogens with zero attached hydrogens (tertiary/aromatic N) is 1. The van der Waals surface area contributed by atoms with Crippen LogP contribution in [0.25, 0.3) is 5.41 Å². The van der Waals surface area contributed by atoms with Gasteiger partial charge < -0.3 is 20.2 Å². The zero-order valence-electron chi connectivity index (χ0n) is 13.0. The molecule has 0 fully saturated rings. The summed E-state index contributed by atoms with van der Waals surface area (Å²) in [5, 5.41) is 12.0. The maximum Gasteiger partial charge on any atom is 0.347 e. The number of hydrogen-bond acceptors (Lipinski definition) is 4. The number of benzene rings is 2. The van der Waals surface area contributed by atoms with Gasteiger partial charge in [0.2, 0.25) is 0 Å². The molecule has 0 aliphatic heterocycles. The predicted molar refractivity (Wildman–Crippen MR) is 97.3 cm³/mol. The van der Waals surface area contributed by atoms with Crippen LogP contribution in [0, 0.1) is 0 Å². The van der Waals surface area contributed by atoms with Crippen LogP contribution in [0.4, 0.5) is 5.69 Å². The molecule has 0 spiro atoms. The molecule has 122 valence electrons. The van der Waals surface area contributed by atoms with Gasteiger partial charge in [-0.2, -0.15) is 0 Å². The summed E-state index contributed by atoms with van der Waals surface area (Å²) < 4.78 is 10.2. The fourth-order valence-electron chi connectivity index (χ4n) is 1.85. The van der Waals surface area contributed by atoms with Crippen LogP contribution in [0.3, 0.4) is 0 Å². The summed E-state index contributed by atoms with van der Waals surface area (Å²) in [6, 6.07) is 16.1.